The number of rotatable bonds is 7. The minimum Gasteiger partial charge on any atom is -0.462 e. The number of furan rings is 1. The fourth-order valence-corrected chi connectivity index (χ4v) is 5.41. The highest BCUT2D eigenvalue weighted by Crippen LogP contribution is 2.31. The lowest BCUT2D eigenvalue weighted by Gasteiger charge is -2.11. The van der Waals surface area contributed by atoms with E-state index in [4.69, 9.17) is 32.4 Å². The van der Waals surface area contributed by atoms with Gasteiger partial charge in [-0.1, -0.05) is 23.2 Å². The van der Waals surface area contributed by atoms with Gasteiger partial charge in [-0.3, -0.25) is 0 Å². The number of nitrogens with zero attached hydrogens (tertiary/aromatic N) is 1. The Morgan fingerprint density at radius 2 is 2.10 bits per heavy atom. The molecule has 1 aliphatic rings. The predicted octanol–water partition coefficient (Wildman–Crippen LogP) is 4.51. The number of carbonyl (C=O) groups excluding carboxylic acids is 1. The Hall–Kier alpha value is -1.91. The number of thiazole rings is 1. The van der Waals surface area contributed by atoms with Crippen molar-refractivity contribution in [1.82, 2.24) is 9.71 Å². The standard InChI is InChI=1S/C18H14Cl2N2O5S2/c19-13-7-14(20)16(29(24,25)22-10-3-4-10)6-12(13)18(23)27-8-11-9-28-17(21-11)15-2-1-5-26-15/h1-2,5-7,9-10,22H,3-4,8H2. The van der Waals surface area contributed by atoms with Gasteiger partial charge in [0.05, 0.1) is 27.6 Å². The number of carbonyl (C=O) groups is 1. The number of hydrogen-bond donors (Lipinski definition) is 1. The lowest BCUT2D eigenvalue weighted by Crippen LogP contribution is -2.26. The summed E-state index contributed by atoms with van der Waals surface area (Å²) in [5.74, 6) is -0.159. The van der Waals surface area contributed by atoms with Gasteiger partial charge in [0.1, 0.15) is 11.5 Å². The van der Waals surface area contributed by atoms with Crippen molar-refractivity contribution in [3.8, 4) is 10.8 Å². The Balaban J connectivity index is 1.50. The van der Waals surface area contributed by atoms with E-state index in [-0.39, 0.29) is 33.2 Å². The molecule has 29 heavy (non-hydrogen) atoms. The average Bonchev–Trinajstić information content (AvgIpc) is 3.12. The summed E-state index contributed by atoms with van der Waals surface area (Å²) < 4.78 is 38.0. The molecule has 0 atom stereocenters. The van der Waals surface area contributed by atoms with Crippen LogP contribution in [0.4, 0.5) is 0 Å². The van der Waals surface area contributed by atoms with Crippen molar-refractivity contribution in [3.05, 3.63) is 57.2 Å². The van der Waals surface area contributed by atoms with Gasteiger partial charge in [0.2, 0.25) is 10.0 Å². The number of benzene rings is 1. The van der Waals surface area contributed by atoms with E-state index < -0.39 is 16.0 Å². The van der Waals surface area contributed by atoms with Gasteiger partial charge in [0.15, 0.2) is 10.8 Å². The minimum absolute atomic E-state index is 0.0000701. The van der Waals surface area contributed by atoms with Crippen molar-refractivity contribution in [2.75, 3.05) is 0 Å². The van der Waals surface area contributed by atoms with Crippen molar-refractivity contribution in [2.45, 2.75) is 30.4 Å². The number of aromatic nitrogens is 1. The number of halogens is 2. The molecule has 7 nitrogen and oxygen atoms in total. The molecule has 11 heteroatoms. The first kappa shape index (κ1) is 20.4. The van der Waals surface area contributed by atoms with E-state index >= 15 is 0 Å². The van der Waals surface area contributed by atoms with Gasteiger partial charge in [0.25, 0.3) is 0 Å². The topological polar surface area (TPSA) is 98.5 Å². The molecule has 152 valence electrons. The maximum Gasteiger partial charge on any atom is 0.340 e. The molecule has 2 aromatic heterocycles. The maximum absolute atomic E-state index is 12.5. The largest absolute Gasteiger partial charge is 0.462 e. The molecular formula is C18H14Cl2N2O5S2. The van der Waals surface area contributed by atoms with E-state index in [9.17, 15) is 13.2 Å². The molecule has 0 unspecified atom stereocenters. The predicted molar refractivity (Wildman–Crippen MR) is 109 cm³/mol. The highest BCUT2D eigenvalue weighted by Gasteiger charge is 2.30. The number of sulfonamides is 1. The molecule has 0 amide bonds. The van der Waals surface area contributed by atoms with Crippen LogP contribution in [0.3, 0.4) is 0 Å². The van der Waals surface area contributed by atoms with Gasteiger partial charge >= 0.3 is 5.97 Å². The lowest BCUT2D eigenvalue weighted by atomic mass is 10.2. The van der Waals surface area contributed by atoms with Crippen molar-refractivity contribution < 1.29 is 22.4 Å². The minimum atomic E-state index is -3.86. The summed E-state index contributed by atoms with van der Waals surface area (Å²) in [5.41, 5.74) is 0.441. The first-order chi connectivity index (χ1) is 13.8. The average molecular weight is 473 g/mol. The molecule has 0 aliphatic heterocycles. The molecule has 0 spiro atoms. The summed E-state index contributed by atoms with van der Waals surface area (Å²) in [6.45, 7) is -0.0998. The van der Waals surface area contributed by atoms with Crippen LogP contribution in [0.1, 0.15) is 28.9 Å². The second kappa shape index (κ2) is 8.08. The van der Waals surface area contributed by atoms with E-state index in [2.05, 4.69) is 9.71 Å². The molecule has 0 saturated heterocycles. The van der Waals surface area contributed by atoms with Crippen LogP contribution in [0.15, 0.2) is 45.2 Å². The molecule has 3 aromatic rings. The number of ether oxygens (including phenoxy) is 1. The van der Waals surface area contributed by atoms with E-state index in [0.29, 0.717) is 16.5 Å². The third kappa shape index (κ3) is 4.65. The number of nitrogens with one attached hydrogen (secondary N) is 1. The summed E-state index contributed by atoms with van der Waals surface area (Å²) in [7, 11) is -3.86. The molecule has 0 bridgehead atoms. The summed E-state index contributed by atoms with van der Waals surface area (Å²) >= 11 is 13.5. The van der Waals surface area contributed by atoms with E-state index in [1.807, 2.05) is 0 Å². The zero-order valence-corrected chi connectivity index (χ0v) is 17.9. The molecule has 1 fully saturated rings. The van der Waals surface area contributed by atoms with E-state index in [1.54, 1.807) is 23.8 Å². The van der Waals surface area contributed by atoms with E-state index in [0.717, 1.165) is 18.9 Å². The fraction of sp³-hybridized carbons (Fsp3) is 0.222. The third-order valence-corrected chi connectivity index (χ3v) is 7.27. The second-order valence-corrected chi connectivity index (χ2v) is 9.71. The maximum atomic E-state index is 12.5. The monoisotopic (exact) mass is 472 g/mol. The van der Waals surface area contributed by atoms with Crippen LogP contribution in [0.25, 0.3) is 10.8 Å². The Morgan fingerprint density at radius 1 is 1.31 bits per heavy atom. The Morgan fingerprint density at radius 3 is 2.79 bits per heavy atom. The Bertz CT molecular complexity index is 1160. The van der Waals surface area contributed by atoms with Gasteiger partial charge in [-0.2, -0.15) is 0 Å². The van der Waals surface area contributed by atoms with Crippen molar-refractivity contribution in [2.24, 2.45) is 0 Å². The zero-order chi connectivity index (χ0) is 20.6. The van der Waals surface area contributed by atoms with Crippen LogP contribution in [0.5, 0.6) is 0 Å². The molecule has 2 heterocycles. The molecule has 1 N–H and O–H groups in total. The highest BCUT2D eigenvalue weighted by molar-refractivity contribution is 7.89. The number of esters is 1. The number of hydrogen-bond acceptors (Lipinski definition) is 7. The van der Waals surface area contributed by atoms with Gasteiger partial charge in [0, 0.05) is 11.4 Å². The van der Waals surface area contributed by atoms with Crippen LogP contribution in [-0.2, 0) is 21.4 Å². The van der Waals surface area contributed by atoms with Crippen LogP contribution in [0.2, 0.25) is 10.0 Å². The van der Waals surface area contributed by atoms with Gasteiger partial charge in [-0.25, -0.2) is 22.9 Å². The SMILES string of the molecule is O=C(OCc1csc(-c2ccco2)n1)c1cc(S(=O)(=O)NC2CC2)c(Cl)cc1Cl. The van der Waals surface area contributed by atoms with Crippen LogP contribution in [-0.4, -0.2) is 25.4 Å². The Kier molecular flexibility index (Phi) is 5.67. The second-order valence-electron chi connectivity index (χ2n) is 6.36. The first-order valence-corrected chi connectivity index (χ1v) is 11.6. The van der Waals surface area contributed by atoms with Crippen LogP contribution < -0.4 is 4.72 Å². The van der Waals surface area contributed by atoms with Gasteiger partial charge in [-0.15, -0.1) is 11.3 Å². The molecule has 4 rings (SSSR count). The molecule has 1 aromatic carbocycles. The molecule has 1 saturated carbocycles. The summed E-state index contributed by atoms with van der Waals surface area (Å²) in [5, 5.41) is 2.33. The van der Waals surface area contributed by atoms with Gasteiger partial charge in [-0.05, 0) is 37.1 Å². The normalized spacial score (nSPS) is 14.1. The smallest absolute Gasteiger partial charge is 0.340 e. The van der Waals surface area contributed by atoms with Crippen molar-refractivity contribution >= 4 is 50.5 Å². The van der Waals surface area contributed by atoms with Crippen LogP contribution in [0, 0.1) is 0 Å². The molecular weight excluding hydrogens is 459 g/mol. The lowest BCUT2D eigenvalue weighted by molar-refractivity contribution is 0.0468. The van der Waals surface area contributed by atoms with Crippen LogP contribution >= 0.6 is 34.5 Å². The molecule has 0 radical (unpaired) electrons. The molecule has 1 aliphatic carbocycles. The quantitative estimate of drug-likeness (QED) is 0.507. The van der Waals surface area contributed by atoms with E-state index in [1.165, 1.54) is 17.4 Å². The highest BCUT2D eigenvalue weighted by atomic mass is 35.5. The van der Waals surface area contributed by atoms with Crippen molar-refractivity contribution in [3.63, 3.8) is 0 Å². The zero-order valence-electron chi connectivity index (χ0n) is 14.7. The summed E-state index contributed by atoms with van der Waals surface area (Å²) in [6.07, 6.45) is 3.09. The summed E-state index contributed by atoms with van der Waals surface area (Å²) in [4.78, 5) is 16.6. The first-order valence-electron chi connectivity index (χ1n) is 8.50. The van der Waals surface area contributed by atoms with Crippen molar-refractivity contribution in [1.29, 1.82) is 0 Å². The van der Waals surface area contributed by atoms with Gasteiger partial charge < -0.3 is 9.15 Å². The third-order valence-electron chi connectivity index (χ3n) is 4.07. The fourth-order valence-electron chi connectivity index (χ4n) is 2.48. The summed E-state index contributed by atoms with van der Waals surface area (Å²) in [6, 6.07) is 5.78. The Labute approximate surface area is 180 Å².